The first-order valence-corrected chi connectivity index (χ1v) is 7.44. The summed E-state index contributed by atoms with van der Waals surface area (Å²) in [5.41, 5.74) is 1.96. The maximum absolute atomic E-state index is 11.9. The predicted octanol–water partition coefficient (Wildman–Crippen LogP) is 2.96. The van der Waals surface area contributed by atoms with Gasteiger partial charge in [-0.1, -0.05) is 17.7 Å². The van der Waals surface area contributed by atoms with Crippen molar-refractivity contribution < 1.29 is 14.3 Å². The van der Waals surface area contributed by atoms with Crippen molar-refractivity contribution in [3.05, 3.63) is 54.1 Å². The second kappa shape index (κ2) is 6.12. The number of hydrogen-bond acceptors (Lipinski definition) is 4. The molecule has 1 unspecified atom stereocenters. The predicted molar refractivity (Wildman–Crippen MR) is 87.5 cm³/mol. The van der Waals surface area contributed by atoms with Crippen molar-refractivity contribution in [1.29, 1.82) is 0 Å². The monoisotopic (exact) mass is 310 g/mol. The van der Waals surface area contributed by atoms with Crippen molar-refractivity contribution in [3.63, 3.8) is 0 Å². The van der Waals surface area contributed by atoms with Crippen LogP contribution < -0.4 is 10.1 Å². The smallest absolute Gasteiger partial charge is 0.251 e. The number of imide groups is 1. The van der Waals surface area contributed by atoms with Crippen molar-refractivity contribution in [2.45, 2.75) is 19.4 Å². The molecule has 0 bridgehead atoms. The van der Waals surface area contributed by atoms with Gasteiger partial charge < -0.3 is 10.1 Å². The molecule has 5 nitrogen and oxygen atoms in total. The van der Waals surface area contributed by atoms with Gasteiger partial charge in [0, 0.05) is 12.7 Å². The second-order valence-electron chi connectivity index (χ2n) is 5.63. The number of anilines is 1. The number of nitrogens with one attached hydrogen (secondary N) is 1. The molecule has 1 fully saturated rings. The number of likely N-dealkylation sites (tertiary alicyclic amines) is 1. The Morgan fingerprint density at radius 3 is 2.09 bits per heavy atom. The summed E-state index contributed by atoms with van der Waals surface area (Å²) in [6.07, 6.45) is 0.191. The highest BCUT2D eigenvalue weighted by Crippen LogP contribution is 2.24. The topological polar surface area (TPSA) is 58.6 Å². The third kappa shape index (κ3) is 3.34. The average molecular weight is 310 g/mol. The number of amides is 2. The van der Waals surface area contributed by atoms with Crippen molar-refractivity contribution in [2.24, 2.45) is 0 Å². The van der Waals surface area contributed by atoms with Crippen LogP contribution in [0.5, 0.6) is 11.5 Å². The number of carbonyl (C=O) groups excluding carboxylic acids is 2. The van der Waals surface area contributed by atoms with Gasteiger partial charge in [-0.3, -0.25) is 14.5 Å². The number of aryl methyl sites for hydroxylation is 1. The highest BCUT2D eigenvalue weighted by atomic mass is 16.5. The molecule has 2 amide bonds. The molecule has 5 heteroatoms. The van der Waals surface area contributed by atoms with E-state index in [9.17, 15) is 9.59 Å². The highest BCUT2D eigenvalue weighted by Gasteiger charge is 2.35. The van der Waals surface area contributed by atoms with Gasteiger partial charge in [0.2, 0.25) is 5.91 Å². The number of ether oxygens (including phenoxy) is 1. The first-order valence-electron chi connectivity index (χ1n) is 7.44. The van der Waals surface area contributed by atoms with Crippen molar-refractivity contribution in [2.75, 3.05) is 12.4 Å². The number of benzene rings is 2. The normalized spacial score (nSPS) is 17.5. The third-order valence-corrected chi connectivity index (χ3v) is 3.83. The van der Waals surface area contributed by atoms with Gasteiger partial charge in [-0.25, -0.2) is 0 Å². The molecule has 2 aromatic carbocycles. The molecule has 2 aromatic rings. The molecule has 23 heavy (non-hydrogen) atoms. The van der Waals surface area contributed by atoms with Crippen LogP contribution in [0.25, 0.3) is 0 Å². The van der Waals surface area contributed by atoms with E-state index in [0.717, 1.165) is 16.3 Å². The van der Waals surface area contributed by atoms with Gasteiger partial charge >= 0.3 is 0 Å². The molecule has 1 heterocycles. The Hall–Kier alpha value is -2.82. The molecule has 0 radical (unpaired) electrons. The zero-order valence-corrected chi connectivity index (χ0v) is 13.1. The van der Waals surface area contributed by atoms with Crippen LogP contribution in [0, 0.1) is 6.92 Å². The summed E-state index contributed by atoms with van der Waals surface area (Å²) in [5, 5.41) is 3.08. The lowest BCUT2D eigenvalue weighted by Gasteiger charge is -2.13. The van der Waals surface area contributed by atoms with Gasteiger partial charge in [-0.05, 0) is 43.3 Å². The van der Waals surface area contributed by atoms with E-state index in [1.807, 2.05) is 55.5 Å². The molecule has 3 rings (SSSR count). The molecule has 0 aliphatic carbocycles. The maximum atomic E-state index is 11.9. The Bertz CT molecular complexity index is 723. The van der Waals surface area contributed by atoms with E-state index in [1.54, 1.807) is 0 Å². The fraction of sp³-hybridized carbons (Fsp3) is 0.222. The Labute approximate surface area is 134 Å². The lowest BCUT2D eigenvalue weighted by molar-refractivity contribution is -0.136. The lowest BCUT2D eigenvalue weighted by Crippen LogP contribution is -2.31. The number of nitrogens with zero attached hydrogens (tertiary/aromatic N) is 1. The summed E-state index contributed by atoms with van der Waals surface area (Å²) in [5.74, 6) is 1.13. The molecule has 1 saturated heterocycles. The summed E-state index contributed by atoms with van der Waals surface area (Å²) >= 11 is 0. The molecule has 0 spiro atoms. The minimum atomic E-state index is -0.489. The van der Waals surface area contributed by atoms with Crippen LogP contribution in [0.2, 0.25) is 0 Å². The van der Waals surface area contributed by atoms with E-state index >= 15 is 0 Å². The Kier molecular flexibility index (Phi) is 4.02. The van der Waals surface area contributed by atoms with Crippen molar-refractivity contribution >= 4 is 17.5 Å². The average Bonchev–Trinajstić information content (AvgIpc) is 2.79. The minimum absolute atomic E-state index is 0.160. The van der Waals surface area contributed by atoms with Crippen molar-refractivity contribution in [3.8, 4) is 11.5 Å². The van der Waals surface area contributed by atoms with Crippen LogP contribution in [0.4, 0.5) is 5.69 Å². The Morgan fingerprint density at radius 1 is 1.00 bits per heavy atom. The molecule has 0 aromatic heterocycles. The van der Waals surface area contributed by atoms with Gasteiger partial charge in [-0.2, -0.15) is 0 Å². The van der Waals surface area contributed by atoms with E-state index in [4.69, 9.17) is 4.74 Å². The summed E-state index contributed by atoms with van der Waals surface area (Å²) in [6.45, 7) is 2.02. The molecule has 1 aliphatic rings. The van der Waals surface area contributed by atoms with Gasteiger partial charge in [0.15, 0.2) is 0 Å². The van der Waals surface area contributed by atoms with E-state index in [-0.39, 0.29) is 18.2 Å². The second-order valence-corrected chi connectivity index (χ2v) is 5.63. The number of carbonyl (C=O) groups is 2. The minimum Gasteiger partial charge on any atom is -0.457 e. The van der Waals surface area contributed by atoms with Gasteiger partial charge in [0.1, 0.15) is 17.5 Å². The van der Waals surface area contributed by atoms with Crippen LogP contribution in [0.3, 0.4) is 0 Å². The molecule has 118 valence electrons. The summed E-state index contributed by atoms with van der Waals surface area (Å²) in [6, 6.07) is 14.6. The quantitative estimate of drug-likeness (QED) is 0.882. The number of rotatable bonds is 4. The molecular formula is C18H18N2O3. The number of hydrogen-bond donors (Lipinski definition) is 1. The van der Waals surface area contributed by atoms with Crippen LogP contribution in [0.15, 0.2) is 48.5 Å². The van der Waals surface area contributed by atoms with Crippen LogP contribution in [-0.4, -0.2) is 29.8 Å². The number of likely N-dealkylation sites (N-methyl/N-ethyl adjacent to an activating group) is 1. The molecule has 0 saturated carbocycles. The summed E-state index contributed by atoms with van der Waals surface area (Å²) < 4.78 is 5.76. The SMILES string of the molecule is Cc1ccc(Oc2ccc(NC3CC(=O)N(C)C3=O)cc2)cc1. The molecule has 1 atom stereocenters. The van der Waals surface area contributed by atoms with E-state index in [1.165, 1.54) is 12.6 Å². The third-order valence-electron chi connectivity index (χ3n) is 3.83. The highest BCUT2D eigenvalue weighted by molar-refractivity contribution is 6.06. The Morgan fingerprint density at radius 2 is 1.57 bits per heavy atom. The van der Waals surface area contributed by atoms with Crippen molar-refractivity contribution in [1.82, 2.24) is 4.90 Å². The van der Waals surface area contributed by atoms with Gasteiger partial charge in [-0.15, -0.1) is 0 Å². The fourth-order valence-electron chi connectivity index (χ4n) is 2.43. The largest absolute Gasteiger partial charge is 0.457 e. The summed E-state index contributed by atoms with van der Waals surface area (Å²) in [7, 11) is 1.50. The Balaban J connectivity index is 1.64. The van der Waals surface area contributed by atoms with Gasteiger partial charge in [0.05, 0.1) is 6.42 Å². The van der Waals surface area contributed by atoms with E-state index < -0.39 is 6.04 Å². The molecular weight excluding hydrogens is 292 g/mol. The molecule has 1 aliphatic heterocycles. The molecule has 1 N–H and O–H groups in total. The van der Waals surface area contributed by atoms with E-state index in [0.29, 0.717) is 5.75 Å². The standard InChI is InChI=1S/C18H18N2O3/c1-12-3-7-14(8-4-12)23-15-9-5-13(6-10-15)19-16-11-17(21)20(2)18(16)22/h3-10,16,19H,11H2,1-2H3. The summed E-state index contributed by atoms with van der Waals surface area (Å²) in [4.78, 5) is 24.5. The zero-order valence-electron chi connectivity index (χ0n) is 13.1. The fourth-order valence-corrected chi connectivity index (χ4v) is 2.43. The van der Waals surface area contributed by atoms with Gasteiger partial charge in [0.25, 0.3) is 5.91 Å². The van der Waals surface area contributed by atoms with E-state index in [2.05, 4.69) is 5.32 Å². The lowest BCUT2D eigenvalue weighted by atomic mass is 10.2. The van der Waals surface area contributed by atoms with Crippen LogP contribution in [-0.2, 0) is 9.59 Å². The zero-order chi connectivity index (χ0) is 16.4. The first-order chi connectivity index (χ1) is 11.0. The maximum Gasteiger partial charge on any atom is 0.251 e. The van der Waals surface area contributed by atoms with Crippen LogP contribution in [0.1, 0.15) is 12.0 Å². The van der Waals surface area contributed by atoms with Crippen LogP contribution >= 0.6 is 0 Å². The first kappa shape index (κ1) is 15.1.